The van der Waals surface area contributed by atoms with Crippen molar-refractivity contribution < 1.29 is 29.0 Å². The lowest BCUT2D eigenvalue weighted by molar-refractivity contribution is -0.153. The van der Waals surface area contributed by atoms with Crippen LogP contribution in [-0.2, 0) is 25.8 Å². The van der Waals surface area contributed by atoms with Crippen LogP contribution < -0.4 is 9.64 Å². The Morgan fingerprint density at radius 1 is 0.898 bits per heavy atom. The van der Waals surface area contributed by atoms with Crippen molar-refractivity contribution in [3.8, 4) is 5.75 Å². The van der Waals surface area contributed by atoms with E-state index in [9.17, 15) is 19.5 Å². The van der Waals surface area contributed by atoms with Gasteiger partial charge in [0.1, 0.15) is 29.6 Å². The monoisotopic (exact) mass is 668 g/mol. The minimum Gasteiger partial charge on any atom is -0.494 e. The zero-order chi connectivity index (χ0) is 34.2. The van der Waals surface area contributed by atoms with E-state index in [-0.39, 0.29) is 37.5 Å². The molecule has 258 valence electrons. The number of hydrogen-bond acceptors (Lipinski definition) is 8. The number of likely N-dealkylation sites (tertiary alicyclic amines) is 1. The number of aliphatic hydroxyl groups is 1. The highest BCUT2D eigenvalue weighted by Gasteiger charge is 2.75. The van der Waals surface area contributed by atoms with Crippen LogP contribution in [0.5, 0.6) is 5.75 Å². The van der Waals surface area contributed by atoms with Gasteiger partial charge in [0.15, 0.2) is 0 Å². The molecule has 5 heterocycles. The fraction of sp³-hybridized carbons (Fsp3) is 0.486. The molecule has 1 spiro atoms. The van der Waals surface area contributed by atoms with Crippen molar-refractivity contribution >= 4 is 34.4 Å². The summed E-state index contributed by atoms with van der Waals surface area (Å²) in [6, 6.07) is 14.0. The summed E-state index contributed by atoms with van der Waals surface area (Å²) in [5.41, 5.74) is -0.198. The van der Waals surface area contributed by atoms with Gasteiger partial charge in [0.05, 0.1) is 29.6 Å². The fourth-order valence-electron chi connectivity index (χ4n) is 8.23. The van der Waals surface area contributed by atoms with Crippen LogP contribution in [0.1, 0.15) is 46.0 Å². The predicted molar refractivity (Wildman–Crippen MR) is 182 cm³/mol. The van der Waals surface area contributed by atoms with Crippen LogP contribution in [0.2, 0.25) is 0 Å². The second kappa shape index (κ2) is 13.4. The molecular formula is C37H44N6O6. The number of unbranched alkanes of at least 4 members (excludes halogenated alkanes) is 3. The van der Waals surface area contributed by atoms with Gasteiger partial charge in [-0.3, -0.25) is 14.4 Å². The molecule has 7 rings (SSSR count). The van der Waals surface area contributed by atoms with Gasteiger partial charge >= 0.3 is 0 Å². The summed E-state index contributed by atoms with van der Waals surface area (Å²) in [7, 11) is 0. The van der Waals surface area contributed by atoms with E-state index in [0.717, 1.165) is 23.9 Å². The number of carbonyl (C=O) groups excluding carboxylic acids is 3. The Labute approximate surface area is 285 Å². The van der Waals surface area contributed by atoms with Crippen LogP contribution in [-0.4, -0.2) is 97.7 Å². The number of anilines is 1. The molecule has 2 fully saturated rings. The molecule has 2 aromatic carbocycles. The van der Waals surface area contributed by atoms with E-state index in [4.69, 9.17) is 9.47 Å². The zero-order valence-corrected chi connectivity index (χ0v) is 28.1. The Kier molecular flexibility index (Phi) is 9.01. The number of benzene rings is 2. The number of fused-ring (bicyclic) bond motifs is 3. The number of para-hydroxylation sites is 1. The summed E-state index contributed by atoms with van der Waals surface area (Å²) in [5.74, 6) is -1.73. The molecule has 0 bridgehead atoms. The minimum absolute atomic E-state index is 0.112. The van der Waals surface area contributed by atoms with E-state index in [0.29, 0.717) is 50.4 Å². The summed E-state index contributed by atoms with van der Waals surface area (Å²) in [6.07, 6.45) is 11.1. The van der Waals surface area contributed by atoms with Crippen LogP contribution in [0.15, 0.2) is 72.8 Å². The Hall–Kier alpha value is -4.55. The molecule has 4 aliphatic rings. The maximum atomic E-state index is 14.8. The van der Waals surface area contributed by atoms with Gasteiger partial charge in [-0.2, -0.15) is 0 Å². The second-order valence-corrected chi connectivity index (χ2v) is 13.3. The van der Waals surface area contributed by atoms with E-state index >= 15 is 0 Å². The molecule has 0 saturated carbocycles. The Bertz CT molecular complexity index is 1770. The second-order valence-electron chi connectivity index (χ2n) is 13.3. The molecule has 5 atom stereocenters. The van der Waals surface area contributed by atoms with Crippen LogP contribution in [0.4, 0.5) is 5.69 Å². The van der Waals surface area contributed by atoms with E-state index < -0.39 is 29.1 Å². The average Bonchev–Trinajstić information content (AvgIpc) is 3.65. The lowest BCUT2D eigenvalue weighted by atomic mass is 9.73. The number of aliphatic hydroxyl groups excluding tert-OH is 1. The fourth-order valence-corrected chi connectivity index (χ4v) is 8.23. The molecule has 1 N–H and O–H groups in total. The molecule has 12 nitrogen and oxygen atoms in total. The van der Waals surface area contributed by atoms with E-state index in [1.807, 2.05) is 86.7 Å². The summed E-state index contributed by atoms with van der Waals surface area (Å²) >= 11 is 0. The average molecular weight is 669 g/mol. The van der Waals surface area contributed by atoms with Gasteiger partial charge in [0.2, 0.25) is 11.8 Å². The van der Waals surface area contributed by atoms with Gasteiger partial charge in [0.25, 0.3) is 5.91 Å². The minimum atomic E-state index is -1.35. The Morgan fingerprint density at radius 2 is 1.67 bits per heavy atom. The number of hydrogen-bond donors (Lipinski definition) is 1. The third-order valence-electron chi connectivity index (χ3n) is 10.5. The summed E-state index contributed by atoms with van der Waals surface area (Å²) in [5, 5.41) is 17.9. The van der Waals surface area contributed by atoms with E-state index in [2.05, 4.69) is 10.3 Å². The summed E-state index contributed by atoms with van der Waals surface area (Å²) in [6.45, 7) is 5.64. The van der Waals surface area contributed by atoms with Crippen LogP contribution in [0.3, 0.4) is 0 Å². The SMILES string of the molecule is CCOc1ccc(N2CC=C[C@@]3(CC)O[C@]45C=CCN(Cn6nnc7ccccc76)C(=O)C4N(CCCCCCO)C(=O)[C@@H]5[C@H]3C2=O)cc1. The molecule has 3 amide bonds. The van der Waals surface area contributed by atoms with Crippen LogP contribution >= 0.6 is 0 Å². The highest BCUT2D eigenvalue weighted by atomic mass is 16.5. The molecule has 49 heavy (non-hydrogen) atoms. The standard InChI is InChI=1S/C37H44N6O6/c1-3-36-19-11-23-41(26-15-17-27(18-16-26)48-4-2)33(45)30(36)31-34(46)42(22-9-5-6-10-24-44)32-35(47)40(21-12-20-37(31,32)49-36)25-43-29-14-8-7-13-28(29)38-39-43/h7-8,11-20,30-32,44H,3-6,9-10,21-25H2,1-2H3/t30-,31-,32?,36+,37-/m0/s1. The third kappa shape index (κ3) is 5.51. The van der Waals surface area contributed by atoms with Gasteiger partial charge in [0, 0.05) is 31.9 Å². The number of rotatable bonds is 12. The number of carbonyl (C=O) groups is 3. The van der Waals surface area contributed by atoms with Gasteiger partial charge in [-0.05, 0) is 62.6 Å². The number of nitrogens with zero attached hydrogens (tertiary/aromatic N) is 6. The Morgan fingerprint density at radius 3 is 2.45 bits per heavy atom. The molecule has 2 saturated heterocycles. The molecule has 3 aromatic rings. The van der Waals surface area contributed by atoms with Crippen molar-refractivity contribution in [3.63, 3.8) is 0 Å². The van der Waals surface area contributed by atoms with Crippen LogP contribution in [0.25, 0.3) is 11.0 Å². The van der Waals surface area contributed by atoms with Gasteiger partial charge in [-0.15, -0.1) is 5.10 Å². The van der Waals surface area contributed by atoms with Crippen molar-refractivity contribution in [2.45, 2.75) is 69.9 Å². The summed E-state index contributed by atoms with van der Waals surface area (Å²) < 4.78 is 14.5. The quantitative estimate of drug-likeness (QED) is 0.229. The summed E-state index contributed by atoms with van der Waals surface area (Å²) in [4.78, 5) is 49.5. The number of amides is 3. The topological polar surface area (TPSA) is 130 Å². The predicted octanol–water partition coefficient (Wildman–Crippen LogP) is 3.70. The van der Waals surface area contributed by atoms with Crippen molar-refractivity contribution in [2.24, 2.45) is 11.8 Å². The maximum Gasteiger partial charge on any atom is 0.250 e. The first-order chi connectivity index (χ1) is 23.9. The molecule has 1 aromatic heterocycles. The van der Waals surface area contributed by atoms with E-state index in [1.54, 1.807) is 19.4 Å². The number of ether oxygens (including phenoxy) is 2. The van der Waals surface area contributed by atoms with Gasteiger partial charge in [-0.1, -0.05) is 61.4 Å². The zero-order valence-electron chi connectivity index (χ0n) is 28.1. The Balaban J connectivity index is 1.26. The first-order valence-corrected chi connectivity index (χ1v) is 17.5. The highest BCUT2D eigenvalue weighted by molar-refractivity contribution is 6.04. The maximum absolute atomic E-state index is 14.8. The van der Waals surface area contributed by atoms with Crippen molar-refractivity contribution in [1.29, 1.82) is 0 Å². The van der Waals surface area contributed by atoms with Gasteiger partial charge in [-0.25, -0.2) is 4.68 Å². The number of aromatic nitrogens is 3. The molecule has 1 unspecified atom stereocenters. The lowest BCUT2D eigenvalue weighted by Gasteiger charge is -2.38. The van der Waals surface area contributed by atoms with Crippen molar-refractivity contribution in [1.82, 2.24) is 24.8 Å². The normalized spacial score (nSPS) is 27.8. The molecule has 0 aliphatic carbocycles. The third-order valence-corrected chi connectivity index (χ3v) is 10.5. The van der Waals surface area contributed by atoms with Gasteiger partial charge < -0.3 is 29.3 Å². The largest absolute Gasteiger partial charge is 0.494 e. The van der Waals surface area contributed by atoms with E-state index in [1.165, 1.54) is 0 Å². The van der Waals surface area contributed by atoms with Crippen LogP contribution in [0, 0.1) is 11.8 Å². The molecule has 4 aliphatic heterocycles. The van der Waals surface area contributed by atoms with Crippen molar-refractivity contribution in [3.05, 3.63) is 72.8 Å². The molecule has 12 heteroatoms. The molecular weight excluding hydrogens is 624 g/mol. The first kappa shape index (κ1) is 33.0. The highest BCUT2D eigenvalue weighted by Crippen LogP contribution is 2.58. The first-order valence-electron chi connectivity index (χ1n) is 17.5. The van der Waals surface area contributed by atoms with Crippen molar-refractivity contribution in [2.75, 3.05) is 37.7 Å². The smallest absolute Gasteiger partial charge is 0.250 e. The molecule has 0 radical (unpaired) electrons. The lowest BCUT2D eigenvalue weighted by Crippen LogP contribution is -2.56.